The van der Waals surface area contributed by atoms with Crippen molar-refractivity contribution in [2.75, 3.05) is 17.2 Å². The minimum absolute atomic E-state index is 0.223. The molecule has 150 valence electrons. The van der Waals surface area contributed by atoms with Crippen LogP contribution in [0.15, 0.2) is 87.2 Å². The summed E-state index contributed by atoms with van der Waals surface area (Å²) in [4.78, 5) is 39.9. The van der Waals surface area contributed by atoms with Crippen molar-refractivity contribution in [3.05, 3.63) is 104 Å². The molecule has 0 unspecified atom stereocenters. The number of hydrogen-bond acceptors (Lipinski definition) is 6. The SMILES string of the molecule is Nc1cccc(-n2c(=O)n(-c3cccc(N)c3)c(=O)n(-c3cccc(N)c3)c2=O)c1. The van der Waals surface area contributed by atoms with Gasteiger partial charge in [-0.1, -0.05) is 18.2 Å². The average molecular weight is 402 g/mol. The summed E-state index contributed by atoms with van der Waals surface area (Å²) >= 11 is 0. The number of hydrogen-bond donors (Lipinski definition) is 3. The number of rotatable bonds is 3. The summed E-state index contributed by atoms with van der Waals surface area (Å²) in [6.07, 6.45) is 0. The predicted octanol–water partition coefficient (Wildman–Crippen LogP) is 0.886. The maximum Gasteiger partial charge on any atom is 0.345 e. The van der Waals surface area contributed by atoms with Crippen LogP contribution < -0.4 is 34.3 Å². The van der Waals surface area contributed by atoms with Crippen LogP contribution in [-0.2, 0) is 0 Å². The molecule has 1 aromatic heterocycles. The lowest BCUT2D eigenvalue weighted by atomic mass is 10.2. The van der Waals surface area contributed by atoms with Crippen LogP contribution in [0, 0.1) is 0 Å². The zero-order valence-corrected chi connectivity index (χ0v) is 15.7. The van der Waals surface area contributed by atoms with Crippen molar-refractivity contribution >= 4 is 17.1 Å². The number of nitrogens with zero attached hydrogens (tertiary/aromatic N) is 3. The lowest BCUT2D eigenvalue weighted by molar-refractivity contribution is 0.660. The maximum atomic E-state index is 13.3. The molecule has 0 radical (unpaired) electrons. The average Bonchev–Trinajstić information content (AvgIpc) is 2.68. The molecule has 4 aromatic rings. The first-order valence-electron chi connectivity index (χ1n) is 8.95. The van der Waals surface area contributed by atoms with Crippen LogP contribution in [0.3, 0.4) is 0 Å². The Hall–Kier alpha value is -4.53. The fourth-order valence-electron chi connectivity index (χ4n) is 3.20. The van der Waals surface area contributed by atoms with Gasteiger partial charge in [0.15, 0.2) is 0 Å². The third kappa shape index (κ3) is 3.14. The van der Waals surface area contributed by atoms with Crippen LogP contribution in [0.5, 0.6) is 0 Å². The third-order valence-electron chi connectivity index (χ3n) is 4.53. The summed E-state index contributed by atoms with van der Waals surface area (Å²) in [5.74, 6) is 0. The zero-order chi connectivity index (χ0) is 21.4. The topological polar surface area (TPSA) is 144 Å². The summed E-state index contributed by atoms with van der Waals surface area (Å²) < 4.78 is 2.64. The molecule has 1 heterocycles. The van der Waals surface area contributed by atoms with Crippen LogP contribution in [0.2, 0.25) is 0 Å². The summed E-state index contributed by atoms with van der Waals surface area (Å²) in [7, 11) is 0. The van der Waals surface area contributed by atoms with Gasteiger partial charge < -0.3 is 17.2 Å². The van der Waals surface area contributed by atoms with Gasteiger partial charge in [0.1, 0.15) is 0 Å². The number of anilines is 3. The first-order chi connectivity index (χ1) is 14.4. The highest BCUT2D eigenvalue weighted by Crippen LogP contribution is 2.13. The Kier molecular flexibility index (Phi) is 4.47. The largest absolute Gasteiger partial charge is 0.399 e. The van der Waals surface area contributed by atoms with Crippen LogP contribution in [0.25, 0.3) is 17.1 Å². The van der Waals surface area contributed by atoms with E-state index in [9.17, 15) is 14.4 Å². The molecule has 30 heavy (non-hydrogen) atoms. The molecule has 9 heteroatoms. The van der Waals surface area contributed by atoms with Crippen LogP contribution in [0.1, 0.15) is 0 Å². The molecule has 4 rings (SSSR count). The van der Waals surface area contributed by atoms with Gasteiger partial charge in [-0.15, -0.1) is 0 Å². The second kappa shape index (κ2) is 7.13. The summed E-state index contributed by atoms with van der Waals surface area (Å²) in [5.41, 5.74) is 16.7. The van der Waals surface area contributed by atoms with Crippen LogP contribution in [0.4, 0.5) is 17.1 Å². The van der Waals surface area contributed by atoms with Crippen LogP contribution in [-0.4, -0.2) is 13.7 Å². The molecular weight excluding hydrogens is 384 g/mol. The van der Waals surface area contributed by atoms with Crippen molar-refractivity contribution < 1.29 is 0 Å². The molecule has 0 saturated heterocycles. The maximum absolute atomic E-state index is 13.3. The van der Waals surface area contributed by atoms with Crippen molar-refractivity contribution in [2.45, 2.75) is 0 Å². The second-order valence-corrected chi connectivity index (χ2v) is 6.64. The summed E-state index contributed by atoms with van der Waals surface area (Å²) in [5, 5.41) is 0. The minimum Gasteiger partial charge on any atom is -0.399 e. The highest BCUT2D eigenvalue weighted by Gasteiger charge is 2.19. The van der Waals surface area contributed by atoms with E-state index >= 15 is 0 Å². The molecule has 6 N–H and O–H groups in total. The van der Waals surface area contributed by atoms with E-state index in [4.69, 9.17) is 17.2 Å². The van der Waals surface area contributed by atoms with Gasteiger partial charge in [-0.05, 0) is 54.6 Å². The van der Waals surface area contributed by atoms with E-state index in [1.54, 1.807) is 54.6 Å². The molecule has 3 aromatic carbocycles. The number of aromatic nitrogens is 3. The Morgan fingerprint density at radius 3 is 0.967 bits per heavy atom. The fourth-order valence-corrected chi connectivity index (χ4v) is 3.20. The van der Waals surface area contributed by atoms with Crippen molar-refractivity contribution in [3.8, 4) is 17.1 Å². The van der Waals surface area contributed by atoms with E-state index in [-0.39, 0.29) is 17.1 Å². The quantitative estimate of drug-likeness (QED) is 0.434. The predicted molar refractivity (Wildman–Crippen MR) is 116 cm³/mol. The van der Waals surface area contributed by atoms with E-state index < -0.39 is 17.1 Å². The molecule has 0 amide bonds. The standard InChI is InChI=1S/C21H18N6O3/c22-13-4-1-7-16(10-13)25-19(28)26(17-8-2-5-14(23)11-17)21(30)27(20(25)29)18-9-3-6-15(24)12-18/h1-12H,22-24H2. The monoisotopic (exact) mass is 402 g/mol. The summed E-state index contributed by atoms with van der Waals surface area (Å²) in [6.45, 7) is 0. The van der Waals surface area contributed by atoms with E-state index in [0.717, 1.165) is 13.7 Å². The molecule has 9 nitrogen and oxygen atoms in total. The Morgan fingerprint density at radius 1 is 0.467 bits per heavy atom. The molecule has 0 fully saturated rings. The van der Waals surface area contributed by atoms with E-state index in [1.165, 1.54) is 18.2 Å². The fraction of sp³-hybridized carbons (Fsp3) is 0. The van der Waals surface area contributed by atoms with Gasteiger partial charge in [0.25, 0.3) is 0 Å². The van der Waals surface area contributed by atoms with Gasteiger partial charge >= 0.3 is 17.1 Å². The van der Waals surface area contributed by atoms with Crippen molar-refractivity contribution in [1.82, 2.24) is 13.7 Å². The van der Waals surface area contributed by atoms with Gasteiger partial charge in [-0.2, -0.15) is 0 Å². The Morgan fingerprint density at radius 2 is 0.733 bits per heavy atom. The molecule has 0 aliphatic heterocycles. The zero-order valence-electron chi connectivity index (χ0n) is 15.7. The molecule has 0 saturated carbocycles. The molecular formula is C21H18N6O3. The van der Waals surface area contributed by atoms with E-state index in [0.29, 0.717) is 17.1 Å². The first-order valence-corrected chi connectivity index (χ1v) is 8.95. The molecule has 0 bridgehead atoms. The lowest BCUT2D eigenvalue weighted by Crippen LogP contribution is -2.52. The van der Waals surface area contributed by atoms with E-state index in [1.807, 2.05) is 0 Å². The smallest absolute Gasteiger partial charge is 0.345 e. The van der Waals surface area contributed by atoms with Gasteiger partial charge in [-0.3, -0.25) is 0 Å². The van der Waals surface area contributed by atoms with Gasteiger partial charge in [0.2, 0.25) is 0 Å². The first kappa shape index (κ1) is 18.8. The Balaban J connectivity index is 2.18. The lowest BCUT2D eigenvalue weighted by Gasteiger charge is -2.15. The Labute approximate surface area is 169 Å². The summed E-state index contributed by atoms with van der Waals surface area (Å²) in [6, 6.07) is 18.8. The van der Waals surface area contributed by atoms with Crippen molar-refractivity contribution in [1.29, 1.82) is 0 Å². The molecule has 0 aliphatic rings. The Bertz CT molecular complexity index is 1240. The molecule has 0 spiro atoms. The highest BCUT2D eigenvalue weighted by atomic mass is 16.2. The van der Waals surface area contributed by atoms with E-state index in [2.05, 4.69) is 0 Å². The normalized spacial score (nSPS) is 10.8. The third-order valence-corrected chi connectivity index (χ3v) is 4.53. The van der Waals surface area contributed by atoms with Gasteiger partial charge in [0, 0.05) is 17.1 Å². The number of nitrogens with two attached hydrogens (primary N) is 3. The van der Waals surface area contributed by atoms with Crippen molar-refractivity contribution in [3.63, 3.8) is 0 Å². The number of benzene rings is 3. The van der Waals surface area contributed by atoms with Gasteiger partial charge in [-0.25, -0.2) is 28.1 Å². The molecule has 0 atom stereocenters. The molecule has 0 aliphatic carbocycles. The van der Waals surface area contributed by atoms with Gasteiger partial charge in [0.05, 0.1) is 17.1 Å². The number of nitrogen functional groups attached to an aromatic ring is 3. The highest BCUT2D eigenvalue weighted by molar-refractivity contribution is 5.51. The second-order valence-electron chi connectivity index (χ2n) is 6.64. The van der Waals surface area contributed by atoms with Crippen LogP contribution >= 0.6 is 0 Å². The van der Waals surface area contributed by atoms with Crippen molar-refractivity contribution in [2.24, 2.45) is 0 Å². The minimum atomic E-state index is -0.846.